The summed E-state index contributed by atoms with van der Waals surface area (Å²) in [4.78, 5) is 30.8. The minimum atomic E-state index is -0.807. The van der Waals surface area contributed by atoms with Gasteiger partial charge in [0.15, 0.2) is 11.5 Å². The number of hydrogen-bond donors (Lipinski definition) is 1. The van der Waals surface area contributed by atoms with E-state index in [-0.39, 0.29) is 17.4 Å². The van der Waals surface area contributed by atoms with Crippen LogP contribution in [0.1, 0.15) is 56.0 Å². The Hall–Kier alpha value is -4.30. The van der Waals surface area contributed by atoms with Crippen molar-refractivity contribution in [3.63, 3.8) is 0 Å². The molecule has 1 saturated heterocycles. The van der Waals surface area contributed by atoms with E-state index in [1.54, 1.807) is 36.3 Å². The molecule has 1 fully saturated rings. The van der Waals surface area contributed by atoms with Crippen LogP contribution < -0.4 is 14.2 Å². The van der Waals surface area contributed by atoms with Crippen molar-refractivity contribution >= 4 is 17.4 Å². The Balaban J connectivity index is 1.77. The molecule has 1 amide bonds. The van der Waals surface area contributed by atoms with Gasteiger partial charge in [-0.05, 0) is 80.9 Å². The van der Waals surface area contributed by atoms with Crippen molar-refractivity contribution in [2.75, 3.05) is 33.3 Å². The van der Waals surface area contributed by atoms with Gasteiger partial charge < -0.3 is 29.1 Å². The Kier molecular flexibility index (Phi) is 10.5. The lowest BCUT2D eigenvalue weighted by atomic mass is 9.93. The lowest BCUT2D eigenvalue weighted by Gasteiger charge is -2.28. The molecule has 1 N–H and O–H groups in total. The molecule has 4 rings (SSSR count). The van der Waals surface area contributed by atoms with Crippen LogP contribution in [0.25, 0.3) is 5.76 Å². The third-order valence-electron chi connectivity index (χ3n) is 7.66. The third kappa shape index (κ3) is 7.20. The molecule has 0 spiro atoms. The van der Waals surface area contributed by atoms with Gasteiger partial charge in [-0.3, -0.25) is 9.59 Å². The summed E-state index contributed by atoms with van der Waals surface area (Å²) < 4.78 is 17.5. The highest BCUT2D eigenvalue weighted by atomic mass is 16.5. The van der Waals surface area contributed by atoms with Crippen LogP contribution in [-0.2, 0) is 16.2 Å². The van der Waals surface area contributed by atoms with Crippen molar-refractivity contribution in [2.24, 2.45) is 0 Å². The molecule has 8 nitrogen and oxygen atoms in total. The second-order valence-electron chi connectivity index (χ2n) is 10.8. The number of methoxy groups -OCH3 is 1. The molecule has 1 aliphatic rings. The number of aliphatic hydroxyl groups excluding tert-OH is 1. The van der Waals surface area contributed by atoms with Crippen LogP contribution in [0.4, 0.5) is 0 Å². The highest BCUT2D eigenvalue weighted by molar-refractivity contribution is 6.46. The lowest BCUT2D eigenvalue weighted by molar-refractivity contribution is -0.140. The number of aliphatic hydroxyl groups is 1. The molecular formula is C35H42N2O6. The first-order valence-electron chi connectivity index (χ1n) is 14.8. The number of carbonyl (C=O) groups is 2. The monoisotopic (exact) mass is 586 g/mol. The summed E-state index contributed by atoms with van der Waals surface area (Å²) in [5.41, 5.74) is 2.90. The summed E-state index contributed by atoms with van der Waals surface area (Å²) in [6.45, 7) is 12.7. The zero-order valence-electron chi connectivity index (χ0n) is 25.9. The van der Waals surface area contributed by atoms with Gasteiger partial charge in [0, 0.05) is 18.7 Å². The number of carbonyl (C=O) groups excluding carboxylic acids is 2. The second-order valence-corrected chi connectivity index (χ2v) is 10.8. The zero-order valence-corrected chi connectivity index (χ0v) is 25.9. The molecule has 1 atom stereocenters. The predicted molar refractivity (Wildman–Crippen MR) is 168 cm³/mol. The van der Waals surface area contributed by atoms with Crippen LogP contribution in [0.5, 0.6) is 17.2 Å². The van der Waals surface area contributed by atoms with Gasteiger partial charge in [0.05, 0.1) is 24.8 Å². The molecule has 0 bridgehead atoms. The van der Waals surface area contributed by atoms with Gasteiger partial charge in [-0.25, -0.2) is 0 Å². The minimum absolute atomic E-state index is 0.00963. The van der Waals surface area contributed by atoms with E-state index in [1.165, 1.54) is 0 Å². The van der Waals surface area contributed by atoms with Gasteiger partial charge in [-0.15, -0.1) is 0 Å². The molecule has 1 unspecified atom stereocenters. The van der Waals surface area contributed by atoms with E-state index in [2.05, 4.69) is 18.7 Å². The van der Waals surface area contributed by atoms with Crippen molar-refractivity contribution < 1.29 is 28.9 Å². The number of rotatable bonds is 13. The number of amides is 1. The Morgan fingerprint density at radius 2 is 1.70 bits per heavy atom. The number of aryl methyl sites for hydroxylation is 1. The van der Waals surface area contributed by atoms with E-state index < -0.39 is 17.7 Å². The minimum Gasteiger partial charge on any atom is -0.507 e. The molecule has 0 radical (unpaired) electrons. The first-order chi connectivity index (χ1) is 20.7. The summed E-state index contributed by atoms with van der Waals surface area (Å²) >= 11 is 0. The molecule has 0 aromatic heterocycles. The van der Waals surface area contributed by atoms with Gasteiger partial charge in [0.25, 0.3) is 11.7 Å². The van der Waals surface area contributed by atoms with E-state index in [0.29, 0.717) is 48.1 Å². The highest BCUT2D eigenvalue weighted by Gasteiger charge is 2.46. The fraction of sp³-hybridized carbons (Fsp3) is 0.371. The van der Waals surface area contributed by atoms with E-state index in [4.69, 9.17) is 14.2 Å². The van der Waals surface area contributed by atoms with E-state index in [1.807, 2.05) is 63.2 Å². The maximum absolute atomic E-state index is 13.6. The van der Waals surface area contributed by atoms with E-state index in [0.717, 1.165) is 24.2 Å². The van der Waals surface area contributed by atoms with Gasteiger partial charge in [0.2, 0.25) is 0 Å². The van der Waals surface area contributed by atoms with Crippen LogP contribution in [-0.4, -0.2) is 66.0 Å². The fourth-order valence-electron chi connectivity index (χ4n) is 5.35. The smallest absolute Gasteiger partial charge is 0.295 e. The van der Waals surface area contributed by atoms with Crippen molar-refractivity contribution in [1.29, 1.82) is 0 Å². The Labute approximate surface area is 254 Å². The van der Waals surface area contributed by atoms with Crippen molar-refractivity contribution in [2.45, 2.75) is 53.4 Å². The highest BCUT2D eigenvalue weighted by Crippen LogP contribution is 2.42. The number of benzene rings is 3. The van der Waals surface area contributed by atoms with Crippen molar-refractivity contribution in [3.05, 3.63) is 94.6 Å². The SMILES string of the molecule is CCN(CC)CCN1C(=O)C(=O)/C(=C(/O)c2ccc(OC(C)C)cc2C)C1c1ccc(OCc2ccccc2)c(OC)c1. The second kappa shape index (κ2) is 14.2. The molecule has 228 valence electrons. The van der Waals surface area contributed by atoms with Crippen molar-refractivity contribution in [1.82, 2.24) is 9.80 Å². The normalized spacial score (nSPS) is 16.3. The van der Waals surface area contributed by atoms with Crippen LogP contribution in [0, 0.1) is 6.92 Å². The van der Waals surface area contributed by atoms with E-state index >= 15 is 0 Å². The quantitative estimate of drug-likeness (QED) is 0.146. The van der Waals surface area contributed by atoms with Crippen LogP contribution in [0.2, 0.25) is 0 Å². The Morgan fingerprint density at radius 1 is 0.977 bits per heavy atom. The molecular weight excluding hydrogens is 544 g/mol. The number of likely N-dealkylation sites (N-methyl/N-ethyl adjacent to an activating group) is 1. The molecule has 0 aliphatic carbocycles. The first kappa shape index (κ1) is 31.6. The summed E-state index contributed by atoms with van der Waals surface area (Å²) in [7, 11) is 1.55. The number of likely N-dealkylation sites (tertiary alicyclic amines) is 1. The van der Waals surface area contributed by atoms with Crippen molar-refractivity contribution in [3.8, 4) is 17.2 Å². The molecule has 0 saturated carbocycles. The standard InChI is InChI=1S/C35H42N2O6/c1-7-36(8-2)18-19-37-32(26-14-17-29(30(21-26)41-6)42-22-25-12-10-9-11-13-25)31(34(39)35(37)40)33(38)28-16-15-27(20-24(28)5)43-23(3)4/h9-17,20-21,23,32,38H,7-8,18-19,22H2,1-6H3/b33-31+. The predicted octanol–water partition coefficient (Wildman–Crippen LogP) is 6.13. The number of hydrogen-bond acceptors (Lipinski definition) is 7. The average molecular weight is 587 g/mol. The number of ketones is 1. The largest absolute Gasteiger partial charge is 0.507 e. The van der Waals surface area contributed by atoms with Crippen LogP contribution in [0.3, 0.4) is 0 Å². The molecule has 3 aromatic carbocycles. The topological polar surface area (TPSA) is 88.5 Å². The molecule has 1 heterocycles. The maximum Gasteiger partial charge on any atom is 0.295 e. The third-order valence-corrected chi connectivity index (χ3v) is 7.66. The van der Waals surface area contributed by atoms with E-state index in [9.17, 15) is 14.7 Å². The van der Waals surface area contributed by atoms with Crippen LogP contribution in [0.15, 0.2) is 72.3 Å². The molecule has 1 aliphatic heterocycles. The first-order valence-corrected chi connectivity index (χ1v) is 14.8. The lowest BCUT2D eigenvalue weighted by Crippen LogP contribution is -2.38. The van der Waals surface area contributed by atoms with Gasteiger partial charge >= 0.3 is 0 Å². The zero-order chi connectivity index (χ0) is 31.1. The fourth-order valence-corrected chi connectivity index (χ4v) is 5.35. The van der Waals surface area contributed by atoms with Crippen LogP contribution >= 0.6 is 0 Å². The average Bonchev–Trinajstić information content (AvgIpc) is 3.25. The number of Topliss-reactive ketones (excluding diaryl/α,β-unsaturated/α-hetero) is 1. The molecule has 43 heavy (non-hydrogen) atoms. The maximum atomic E-state index is 13.6. The summed E-state index contributed by atoms with van der Waals surface area (Å²) in [6.07, 6.45) is -0.00963. The summed E-state index contributed by atoms with van der Waals surface area (Å²) in [5.74, 6) is 0.0921. The number of ether oxygens (including phenoxy) is 3. The Bertz CT molecular complexity index is 1460. The van der Waals surface area contributed by atoms with Gasteiger partial charge in [-0.1, -0.05) is 50.2 Å². The summed E-state index contributed by atoms with van der Waals surface area (Å²) in [6, 6.07) is 19.7. The Morgan fingerprint density at radius 3 is 2.33 bits per heavy atom. The van der Waals surface area contributed by atoms with Gasteiger partial charge in [0.1, 0.15) is 18.1 Å². The molecule has 8 heteroatoms. The van der Waals surface area contributed by atoms with Gasteiger partial charge in [-0.2, -0.15) is 0 Å². The summed E-state index contributed by atoms with van der Waals surface area (Å²) in [5, 5.41) is 11.6. The number of nitrogens with zero attached hydrogens (tertiary/aromatic N) is 2. The molecule has 3 aromatic rings.